The van der Waals surface area contributed by atoms with Crippen LogP contribution in [-0.2, 0) is 17.8 Å². The number of benzene rings is 2. The maximum Gasteiger partial charge on any atom is 0.318 e. The number of aromatic nitrogens is 2. The molecule has 0 bridgehead atoms. The van der Waals surface area contributed by atoms with Crippen molar-refractivity contribution in [1.82, 2.24) is 19.8 Å². The van der Waals surface area contributed by atoms with Crippen LogP contribution in [0.15, 0.2) is 42.7 Å². The average molecular weight is 668 g/mol. The number of halogens is 4. The molecule has 1 saturated heterocycles. The van der Waals surface area contributed by atoms with Crippen LogP contribution in [0.25, 0.3) is 15.6 Å². The molecule has 1 aromatic heterocycles. The highest BCUT2D eigenvalue weighted by Gasteiger charge is 2.46. The third kappa shape index (κ3) is 6.56. The Morgan fingerprint density at radius 3 is 2.68 bits per heavy atom. The molecule has 3 aliphatic rings. The van der Waals surface area contributed by atoms with Crippen molar-refractivity contribution in [3.63, 3.8) is 0 Å². The van der Waals surface area contributed by atoms with Gasteiger partial charge in [0.2, 0.25) is 6.54 Å². The minimum absolute atomic E-state index is 0.00418. The van der Waals surface area contributed by atoms with E-state index in [4.69, 9.17) is 32.9 Å². The number of piperazine rings is 1. The summed E-state index contributed by atoms with van der Waals surface area (Å²) in [7, 11) is 3.89. The van der Waals surface area contributed by atoms with Gasteiger partial charge in [-0.15, -0.1) is 0 Å². The summed E-state index contributed by atoms with van der Waals surface area (Å²) >= 11 is 6.48. The van der Waals surface area contributed by atoms with Gasteiger partial charge in [-0.05, 0) is 50.9 Å². The van der Waals surface area contributed by atoms with Gasteiger partial charge in [0, 0.05) is 54.8 Å². The van der Waals surface area contributed by atoms with Crippen LogP contribution < -0.4 is 14.5 Å². The molecule has 0 spiro atoms. The molecule has 1 saturated carbocycles. The number of carbonyl (C=O) groups excluding carboxylic acids is 1. The Labute approximate surface area is 277 Å². The Morgan fingerprint density at radius 1 is 1.19 bits per heavy atom. The Morgan fingerprint density at radius 2 is 1.98 bits per heavy atom. The minimum Gasteiger partial charge on any atom is -0.463 e. The standard InChI is InChI=1S/C34H37ClF3N7O2/c1-21(36)32(46)45-13-12-44(17-24(45)16-39-2)31-25-10-11-43(28-7-5-6-22-8-9-26(38)30(35)29(22)28)18-27(25)40-33(41-31)47-20-34(19-42(3)4)14-23(37)15-34/h5-9,23-24H,1,10-20H2,3-4H3/t23?,24-,34?/m0/s1. The van der Waals surface area contributed by atoms with Crippen molar-refractivity contribution in [2.75, 3.05) is 69.8 Å². The van der Waals surface area contributed by atoms with Gasteiger partial charge < -0.3 is 29.2 Å². The van der Waals surface area contributed by atoms with E-state index in [1.165, 1.54) is 11.0 Å². The third-order valence-corrected chi connectivity index (χ3v) is 9.69. The number of fused-ring (bicyclic) bond motifs is 2. The SMILES string of the molecule is [C-]#[N+]C[C@H]1CN(c2nc(OCC3(CN(C)C)CC(F)C3)nc3c2CCN(c2cccc4ccc(F)c(Cl)c24)C3)CCN1C(=O)C(=C)F. The van der Waals surface area contributed by atoms with Crippen molar-refractivity contribution in [2.24, 2.45) is 5.41 Å². The molecule has 2 aromatic carbocycles. The van der Waals surface area contributed by atoms with Crippen molar-refractivity contribution in [1.29, 1.82) is 0 Å². The predicted molar refractivity (Wildman–Crippen MR) is 176 cm³/mol. The van der Waals surface area contributed by atoms with E-state index in [9.17, 15) is 18.0 Å². The molecule has 6 rings (SSSR count). The number of alkyl halides is 1. The maximum absolute atomic E-state index is 14.6. The molecule has 248 valence electrons. The molecular weight excluding hydrogens is 631 g/mol. The van der Waals surface area contributed by atoms with Gasteiger partial charge in [0.1, 0.15) is 23.8 Å². The number of hydrogen-bond acceptors (Lipinski definition) is 7. The van der Waals surface area contributed by atoms with Crippen LogP contribution in [0.3, 0.4) is 0 Å². The Bertz CT molecular complexity index is 1740. The highest BCUT2D eigenvalue weighted by molar-refractivity contribution is 6.36. The van der Waals surface area contributed by atoms with Gasteiger partial charge in [0.15, 0.2) is 5.83 Å². The van der Waals surface area contributed by atoms with Crippen molar-refractivity contribution in [2.45, 2.75) is 38.0 Å². The quantitative estimate of drug-likeness (QED) is 0.222. The van der Waals surface area contributed by atoms with Gasteiger partial charge >= 0.3 is 6.01 Å². The number of carbonyl (C=O) groups is 1. The lowest BCUT2D eigenvalue weighted by atomic mass is 9.67. The summed E-state index contributed by atoms with van der Waals surface area (Å²) in [5.41, 5.74) is 2.04. The molecule has 1 amide bonds. The first-order valence-electron chi connectivity index (χ1n) is 15.6. The molecule has 0 N–H and O–H groups in total. The zero-order chi connectivity index (χ0) is 33.5. The van der Waals surface area contributed by atoms with E-state index in [1.807, 2.05) is 42.1 Å². The summed E-state index contributed by atoms with van der Waals surface area (Å²) in [6, 6.07) is 8.37. The highest BCUT2D eigenvalue weighted by atomic mass is 35.5. The fourth-order valence-corrected chi connectivity index (χ4v) is 7.54. The van der Waals surface area contributed by atoms with E-state index >= 15 is 0 Å². The molecular formula is C34H37ClF3N7O2. The molecule has 3 aromatic rings. The van der Waals surface area contributed by atoms with Crippen molar-refractivity contribution >= 4 is 39.8 Å². The number of anilines is 2. The number of ether oxygens (including phenoxy) is 1. The van der Waals surface area contributed by atoms with E-state index < -0.39 is 29.8 Å². The second-order valence-electron chi connectivity index (χ2n) is 13.0. The largest absolute Gasteiger partial charge is 0.463 e. The van der Waals surface area contributed by atoms with Crippen LogP contribution >= 0.6 is 11.6 Å². The molecule has 1 atom stereocenters. The molecule has 0 unspecified atom stereocenters. The lowest BCUT2D eigenvalue weighted by Crippen LogP contribution is -2.57. The summed E-state index contributed by atoms with van der Waals surface area (Å²) < 4.78 is 48.8. The molecule has 9 nitrogen and oxygen atoms in total. The number of nitrogens with zero attached hydrogens (tertiary/aromatic N) is 7. The first-order valence-corrected chi connectivity index (χ1v) is 16.0. The van der Waals surface area contributed by atoms with Crippen LogP contribution in [0.2, 0.25) is 5.02 Å². The first kappa shape index (κ1) is 32.8. The average Bonchev–Trinajstić information content (AvgIpc) is 3.03. The molecule has 0 radical (unpaired) electrons. The zero-order valence-corrected chi connectivity index (χ0v) is 27.2. The second-order valence-corrected chi connectivity index (χ2v) is 13.4. The van der Waals surface area contributed by atoms with Gasteiger partial charge in [-0.25, -0.2) is 19.7 Å². The monoisotopic (exact) mass is 667 g/mol. The normalized spacial score (nSPS) is 22.6. The van der Waals surface area contributed by atoms with Crippen LogP contribution in [0, 0.1) is 17.8 Å². The second kappa shape index (κ2) is 13.2. The topological polar surface area (TPSA) is 69.4 Å². The number of hydrogen-bond donors (Lipinski definition) is 0. The van der Waals surface area contributed by atoms with E-state index in [0.717, 1.165) is 22.3 Å². The lowest BCUT2D eigenvalue weighted by Gasteiger charge is -2.45. The summed E-state index contributed by atoms with van der Waals surface area (Å²) in [5.74, 6) is -1.74. The molecule has 47 heavy (non-hydrogen) atoms. The summed E-state index contributed by atoms with van der Waals surface area (Å²) in [5, 5.41) is 1.50. The molecule has 13 heteroatoms. The Kier molecular flexibility index (Phi) is 9.23. The third-order valence-electron chi connectivity index (χ3n) is 9.32. The predicted octanol–water partition coefficient (Wildman–Crippen LogP) is 5.46. The van der Waals surface area contributed by atoms with E-state index in [0.29, 0.717) is 56.6 Å². The summed E-state index contributed by atoms with van der Waals surface area (Å²) in [4.78, 5) is 33.3. The Balaban J connectivity index is 1.35. The fraction of sp³-hybridized carbons (Fsp3) is 0.471. The molecule has 1 aliphatic carbocycles. The molecule has 3 heterocycles. The zero-order valence-electron chi connectivity index (χ0n) is 26.5. The van der Waals surface area contributed by atoms with Crippen molar-refractivity contribution in [3.8, 4) is 6.01 Å². The molecule has 2 fully saturated rings. The highest BCUT2D eigenvalue weighted by Crippen LogP contribution is 2.44. The van der Waals surface area contributed by atoms with E-state index in [2.05, 4.69) is 16.3 Å². The van der Waals surface area contributed by atoms with Gasteiger partial charge in [-0.1, -0.05) is 36.4 Å². The van der Waals surface area contributed by atoms with Gasteiger partial charge in [0.05, 0.1) is 23.9 Å². The van der Waals surface area contributed by atoms with Gasteiger partial charge in [-0.3, -0.25) is 4.79 Å². The van der Waals surface area contributed by atoms with Crippen molar-refractivity contribution < 1.29 is 22.7 Å². The first-order chi connectivity index (χ1) is 22.5. The van der Waals surface area contributed by atoms with Gasteiger partial charge in [0.25, 0.3) is 5.91 Å². The smallest absolute Gasteiger partial charge is 0.318 e. The minimum atomic E-state index is -1.06. The maximum atomic E-state index is 14.6. The van der Waals surface area contributed by atoms with Crippen LogP contribution in [-0.4, -0.2) is 97.9 Å². The van der Waals surface area contributed by atoms with Crippen LogP contribution in [0.4, 0.5) is 24.7 Å². The van der Waals surface area contributed by atoms with E-state index in [1.54, 1.807) is 6.07 Å². The fourth-order valence-electron chi connectivity index (χ4n) is 7.27. The summed E-state index contributed by atoms with van der Waals surface area (Å²) in [6.45, 7) is 13.3. The van der Waals surface area contributed by atoms with E-state index in [-0.39, 0.29) is 42.7 Å². The van der Waals surface area contributed by atoms with Crippen LogP contribution in [0.5, 0.6) is 6.01 Å². The van der Waals surface area contributed by atoms with Crippen molar-refractivity contribution in [3.05, 3.63) is 76.3 Å². The molecule has 2 aliphatic heterocycles. The Hall–Kier alpha value is -4.08. The number of amides is 1. The summed E-state index contributed by atoms with van der Waals surface area (Å²) in [6.07, 6.45) is 0.464. The van der Waals surface area contributed by atoms with Gasteiger partial charge in [-0.2, -0.15) is 9.97 Å². The lowest BCUT2D eigenvalue weighted by molar-refractivity contribution is -0.131. The number of rotatable bonds is 9. The van der Waals surface area contributed by atoms with Crippen LogP contribution in [0.1, 0.15) is 24.1 Å².